The predicted octanol–water partition coefficient (Wildman–Crippen LogP) is 2.86. The highest BCUT2D eigenvalue weighted by Gasteiger charge is 2.06. The lowest BCUT2D eigenvalue weighted by molar-refractivity contribution is -0.117. The Kier molecular flexibility index (Phi) is 6.47. The van der Waals surface area contributed by atoms with Gasteiger partial charge in [0.05, 0.1) is 0 Å². The molecule has 0 aliphatic carbocycles. The van der Waals surface area contributed by atoms with Gasteiger partial charge < -0.3 is 4.74 Å². The molecule has 2 aromatic rings. The van der Waals surface area contributed by atoms with Crippen LogP contribution in [0.25, 0.3) is 6.08 Å². The molecule has 0 atom stereocenters. The summed E-state index contributed by atoms with van der Waals surface area (Å²) in [6.45, 7) is 3.93. The van der Waals surface area contributed by atoms with Crippen LogP contribution in [0.4, 0.5) is 4.39 Å². The largest absolute Gasteiger partial charge is 0.490 e. The number of ether oxygens (including phenoxy) is 1. The molecule has 0 saturated heterocycles. The molecule has 0 fully saturated rings. The van der Waals surface area contributed by atoms with Gasteiger partial charge in [-0.2, -0.15) is 0 Å². The Labute approximate surface area is 144 Å². The van der Waals surface area contributed by atoms with Gasteiger partial charge in [-0.1, -0.05) is 24.8 Å². The maximum Gasteiger partial charge on any atom is 0.269 e. The number of halogens is 1. The minimum Gasteiger partial charge on any atom is -0.490 e. The molecule has 25 heavy (non-hydrogen) atoms. The van der Waals surface area contributed by atoms with Gasteiger partial charge in [0.15, 0.2) is 0 Å². The van der Waals surface area contributed by atoms with Crippen LogP contribution >= 0.6 is 0 Å². The first-order chi connectivity index (χ1) is 12.1. The second-order valence-corrected chi connectivity index (χ2v) is 4.95. The molecule has 0 aliphatic heterocycles. The van der Waals surface area contributed by atoms with Crippen LogP contribution in [0.15, 0.2) is 67.3 Å². The molecule has 2 aromatic carbocycles. The van der Waals surface area contributed by atoms with E-state index in [1.165, 1.54) is 36.4 Å². The van der Waals surface area contributed by atoms with Crippen LogP contribution < -0.4 is 15.6 Å². The van der Waals surface area contributed by atoms with Crippen molar-refractivity contribution in [3.63, 3.8) is 0 Å². The summed E-state index contributed by atoms with van der Waals surface area (Å²) in [4.78, 5) is 23.6. The number of hydrogen-bond donors (Lipinski definition) is 2. The monoisotopic (exact) mass is 340 g/mol. The highest BCUT2D eigenvalue weighted by atomic mass is 19.1. The van der Waals surface area contributed by atoms with Gasteiger partial charge in [-0.3, -0.25) is 20.4 Å². The molecule has 0 radical (unpaired) electrons. The summed E-state index contributed by atoms with van der Waals surface area (Å²) in [6, 6.07) is 12.1. The number of carbonyl (C=O) groups excluding carboxylic acids is 2. The first kappa shape index (κ1) is 17.9. The van der Waals surface area contributed by atoms with E-state index in [4.69, 9.17) is 4.74 Å². The lowest BCUT2D eigenvalue weighted by Gasteiger charge is -2.07. The van der Waals surface area contributed by atoms with Crippen LogP contribution in [-0.4, -0.2) is 18.4 Å². The second kappa shape index (κ2) is 9.02. The molecule has 0 aliphatic rings. The number of nitrogens with one attached hydrogen (secondary N) is 2. The maximum atomic E-state index is 12.8. The topological polar surface area (TPSA) is 67.4 Å². The summed E-state index contributed by atoms with van der Waals surface area (Å²) >= 11 is 0. The first-order valence-corrected chi connectivity index (χ1v) is 7.46. The van der Waals surface area contributed by atoms with Crippen LogP contribution in [0.3, 0.4) is 0 Å². The number of amides is 2. The summed E-state index contributed by atoms with van der Waals surface area (Å²) in [6.07, 6.45) is 4.36. The molecule has 0 bridgehead atoms. The Bertz CT molecular complexity index is 768. The lowest BCUT2D eigenvalue weighted by atomic mass is 10.2. The lowest BCUT2D eigenvalue weighted by Crippen LogP contribution is -2.40. The van der Waals surface area contributed by atoms with Crippen molar-refractivity contribution in [2.24, 2.45) is 0 Å². The standard InChI is InChI=1S/C19H17FN2O3/c1-2-13-25-17-10-6-15(7-11-17)19(24)22-21-18(23)12-5-14-3-8-16(20)9-4-14/h2-12H,1,13H2,(H,21,23)(H,22,24)/b12-5+. The first-order valence-electron chi connectivity index (χ1n) is 7.46. The van der Waals surface area contributed by atoms with E-state index in [9.17, 15) is 14.0 Å². The van der Waals surface area contributed by atoms with Crippen molar-refractivity contribution in [3.8, 4) is 5.75 Å². The van der Waals surface area contributed by atoms with Gasteiger partial charge >= 0.3 is 0 Å². The van der Waals surface area contributed by atoms with E-state index in [0.717, 1.165) is 0 Å². The molecule has 2 N–H and O–H groups in total. The van der Waals surface area contributed by atoms with Crippen molar-refractivity contribution in [2.75, 3.05) is 6.61 Å². The zero-order valence-electron chi connectivity index (χ0n) is 13.4. The third-order valence-corrected chi connectivity index (χ3v) is 3.08. The van der Waals surface area contributed by atoms with Crippen molar-refractivity contribution in [1.82, 2.24) is 10.9 Å². The molecule has 6 heteroatoms. The molecular weight excluding hydrogens is 323 g/mol. The molecule has 5 nitrogen and oxygen atoms in total. The summed E-state index contributed by atoms with van der Waals surface area (Å²) in [5, 5.41) is 0. The average Bonchev–Trinajstić information content (AvgIpc) is 2.64. The number of benzene rings is 2. The molecule has 128 valence electrons. The van der Waals surface area contributed by atoms with Crippen molar-refractivity contribution in [1.29, 1.82) is 0 Å². The molecule has 0 spiro atoms. The normalized spacial score (nSPS) is 10.3. The minimum absolute atomic E-state index is 0.352. The van der Waals surface area contributed by atoms with Crippen LogP contribution in [0.1, 0.15) is 15.9 Å². The molecule has 2 amide bonds. The quantitative estimate of drug-likeness (QED) is 0.483. The van der Waals surface area contributed by atoms with Gasteiger partial charge in [-0.15, -0.1) is 0 Å². The number of hydrazine groups is 1. The van der Waals surface area contributed by atoms with E-state index in [1.54, 1.807) is 30.3 Å². The molecule has 0 aromatic heterocycles. The van der Waals surface area contributed by atoms with Crippen molar-refractivity contribution >= 4 is 17.9 Å². The third kappa shape index (κ3) is 5.95. The van der Waals surface area contributed by atoms with Crippen molar-refractivity contribution < 1.29 is 18.7 Å². The summed E-state index contributed by atoms with van der Waals surface area (Å²) < 4.78 is 18.1. The minimum atomic E-state index is -0.511. The fraction of sp³-hybridized carbons (Fsp3) is 0.0526. The van der Waals surface area contributed by atoms with E-state index in [0.29, 0.717) is 23.5 Å². The number of hydrogen-bond acceptors (Lipinski definition) is 3. The van der Waals surface area contributed by atoms with Crippen LogP contribution in [0.5, 0.6) is 5.75 Å². The van der Waals surface area contributed by atoms with Crippen molar-refractivity contribution in [2.45, 2.75) is 0 Å². The number of carbonyl (C=O) groups is 2. The van der Waals surface area contributed by atoms with E-state index in [2.05, 4.69) is 17.4 Å². The van der Waals surface area contributed by atoms with E-state index < -0.39 is 11.8 Å². The SMILES string of the molecule is C=CCOc1ccc(C(=O)NNC(=O)/C=C/c2ccc(F)cc2)cc1. The van der Waals surface area contributed by atoms with Gasteiger partial charge in [0.25, 0.3) is 11.8 Å². The fourth-order valence-electron chi connectivity index (χ4n) is 1.84. The van der Waals surface area contributed by atoms with E-state index in [1.807, 2.05) is 0 Å². The summed E-state index contributed by atoms with van der Waals surface area (Å²) in [5.41, 5.74) is 5.60. The Hall–Kier alpha value is -3.41. The Morgan fingerprint density at radius 2 is 1.72 bits per heavy atom. The van der Waals surface area contributed by atoms with Crippen LogP contribution in [0, 0.1) is 5.82 Å². The number of rotatable bonds is 6. The highest BCUT2D eigenvalue weighted by molar-refractivity contribution is 5.97. The Morgan fingerprint density at radius 3 is 2.36 bits per heavy atom. The van der Waals surface area contributed by atoms with Gasteiger partial charge in [0.1, 0.15) is 18.2 Å². The average molecular weight is 340 g/mol. The zero-order chi connectivity index (χ0) is 18.1. The van der Waals surface area contributed by atoms with Gasteiger partial charge in [0, 0.05) is 11.6 Å². The molecule has 0 saturated carbocycles. The fourth-order valence-corrected chi connectivity index (χ4v) is 1.84. The molecule has 2 rings (SSSR count). The van der Waals surface area contributed by atoms with Crippen LogP contribution in [-0.2, 0) is 4.79 Å². The third-order valence-electron chi connectivity index (χ3n) is 3.08. The smallest absolute Gasteiger partial charge is 0.269 e. The summed E-state index contributed by atoms with van der Waals surface area (Å²) in [5.74, 6) is -0.708. The van der Waals surface area contributed by atoms with E-state index in [-0.39, 0.29) is 5.82 Å². The van der Waals surface area contributed by atoms with Gasteiger partial charge in [0.2, 0.25) is 0 Å². The van der Waals surface area contributed by atoms with E-state index >= 15 is 0 Å². The second-order valence-electron chi connectivity index (χ2n) is 4.95. The Balaban J connectivity index is 1.83. The highest BCUT2D eigenvalue weighted by Crippen LogP contribution is 2.12. The zero-order valence-corrected chi connectivity index (χ0v) is 13.4. The maximum absolute atomic E-state index is 12.8. The molecular formula is C19H17FN2O3. The predicted molar refractivity (Wildman–Crippen MR) is 93.2 cm³/mol. The van der Waals surface area contributed by atoms with Crippen LogP contribution in [0.2, 0.25) is 0 Å². The van der Waals surface area contributed by atoms with Gasteiger partial charge in [-0.05, 0) is 48.0 Å². The molecule has 0 heterocycles. The van der Waals surface area contributed by atoms with Gasteiger partial charge in [-0.25, -0.2) is 4.39 Å². The van der Waals surface area contributed by atoms with Crippen molar-refractivity contribution in [3.05, 3.63) is 84.2 Å². The Morgan fingerprint density at radius 1 is 1.04 bits per heavy atom. The summed E-state index contributed by atoms with van der Waals surface area (Å²) in [7, 11) is 0. The molecule has 0 unspecified atom stereocenters.